The van der Waals surface area contributed by atoms with E-state index in [0.29, 0.717) is 5.56 Å². The van der Waals surface area contributed by atoms with Crippen LogP contribution in [0.3, 0.4) is 0 Å². The Kier molecular flexibility index (Phi) is 7.05. The molecular weight excluding hydrogens is 311 g/mol. The molecule has 1 N–H and O–H groups in total. The van der Waals surface area contributed by atoms with E-state index in [0.717, 1.165) is 30.9 Å². The Hall–Kier alpha value is -0.430. The van der Waals surface area contributed by atoms with Gasteiger partial charge in [0.05, 0.1) is 0 Å². The third-order valence-electron chi connectivity index (χ3n) is 3.79. The number of hydrogen-bond acceptors (Lipinski definition) is 4. The van der Waals surface area contributed by atoms with Gasteiger partial charge < -0.3 is 9.66 Å². The van der Waals surface area contributed by atoms with Crippen LogP contribution in [-0.4, -0.2) is 23.0 Å². The molecule has 2 rings (SSSR count). The third kappa shape index (κ3) is 3.91. The average Bonchev–Trinajstić information content (AvgIpc) is 2.45. The Morgan fingerprint density at radius 3 is 2.59 bits per heavy atom. The van der Waals surface area contributed by atoms with Crippen LogP contribution in [0.5, 0.6) is 0 Å². The second kappa shape index (κ2) is 7.90. The molecule has 2 unspecified atom stereocenters. The summed E-state index contributed by atoms with van der Waals surface area (Å²) in [7, 11) is -4.89. The van der Waals surface area contributed by atoms with Gasteiger partial charge in [0.25, 0.3) is 0 Å². The van der Waals surface area contributed by atoms with Crippen LogP contribution in [0.4, 0.5) is 0 Å². The first-order valence-corrected chi connectivity index (χ1v) is 8.42. The van der Waals surface area contributed by atoms with Crippen molar-refractivity contribution in [3.8, 4) is 0 Å². The Morgan fingerprint density at radius 2 is 1.95 bits per heavy atom. The van der Waals surface area contributed by atoms with Crippen molar-refractivity contribution in [2.45, 2.75) is 37.0 Å². The Morgan fingerprint density at radius 1 is 1.27 bits per heavy atom. The van der Waals surface area contributed by atoms with E-state index in [9.17, 15) is 18.1 Å². The van der Waals surface area contributed by atoms with E-state index in [1.54, 1.807) is 24.3 Å². The molecule has 0 aromatic heterocycles. The molecule has 6 heteroatoms. The van der Waals surface area contributed by atoms with Gasteiger partial charge in [0, 0.05) is 5.92 Å². The van der Waals surface area contributed by atoms with Crippen molar-refractivity contribution in [3.63, 3.8) is 0 Å². The van der Waals surface area contributed by atoms with Crippen molar-refractivity contribution in [2.24, 2.45) is 0 Å². The van der Waals surface area contributed by atoms with Crippen LogP contribution < -0.4 is 29.6 Å². The molecule has 0 heterocycles. The second-order valence-corrected chi connectivity index (χ2v) is 6.79. The van der Waals surface area contributed by atoms with Crippen LogP contribution >= 0.6 is 0 Å². The molecule has 2 atom stereocenters. The largest absolute Gasteiger partial charge is 1.00 e. The molecule has 0 saturated heterocycles. The molecule has 1 aromatic carbocycles. The van der Waals surface area contributed by atoms with Crippen molar-refractivity contribution in [3.05, 3.63) is 59.7 Å². The molecular formula is C16H19NaO4S. The van der Waals surface area contributed by atoms with Gasteiger partial charge in [-0.05, 0) is 30.0 Å². The van der Waals surface area contributed by atoms with Gasteiger partial charge in [-0.15, -0.1) is 0 Å². The van der Waals surface area contributed by atoms with E-state index in [1.807, 2.05) is 12.1 Å². The van der Waals surface area contributed by atoms with E-state index in [1.165, 1.54) is 6.08 Å². The van der Waals surface area contributed by atoms with Gasteiger partial charge >= 0.3 is 29.6 Å². The Labute approximate surface area is 154 Å². The fourth-order valence-corrected chi connectivity index (χ4v) is 3.37. The van der Waals surface area contributed by atoms with Crippen LogP contribution in [0, 0.1) is 0 Å². The number of rotatable bonds is 5. The van der Waals surface area contributed by atoms with Gasteiger partial charge in [0.15, 0.2) is 4.93 Å². The summed E-state index contributed by atoms with van der Waals surface area (Å²) in [6, 6.07) is 7.35. The molecule has 0 saturated carbocycles. The first-order valence-electron chi connectivity index (χ1n) is 7.02. The minimum Gasteiger partial charge on any atom is -0.745 e. The maximum absolute atomic E-state index is 11.5. The molecule has 0 radical (unpaired) electrons. The third-order valence-corrected chi connectivity index (χ3v) is 4.98. The normalized spacial score (nSPS) is 24.0. The zero-order valence-electron chi connectivity index (χ0n) is 12.9. The Balaban J connectivity index is 0.00000242. The topological polar surface area (TPSA) is 77.4 Å². The molecule has 4 nitrogen and oxygen atoms in total. The average molecular weight is 330 g/mol. The number of allylic oxidation sites excluding steroid dienone is 2. The monoisotopic (exact) mass is 330 g/mol. The molecule has 1 aliphatic carbocycles. The number of aliphatic hydroxyl groups is 1. The van der Waals surface area contributed by atoms with E-state index in [2.05, 4.69) is 6.92 Å². The van der Waals surface area contributed by atoms with Crippen molar-refractivity contribution in [1.29, 1.82) is 0 Å². The Bertz CT molecular complexity index is 666. The SMILES string of the molecule is CCCCc1ccccc1C1C=CC=CC1(O)S(=O)(=O)[O-].[Na+]. The minimum atomic E-state index is -4.89. The molecule has 0 spiro atoms. The van der Waals surface area contributed by atoms with Crippen molar-refractivity contribution >= 4 is 10.1 Å². The molecule has 0 fully saturated rings. The molecule has 0 amide bonds. The van der Waals surface area contributed by atoms with Crippen molar-refractivity contribution < 1.29 is 47.6 Å². The fourth-order valence-electron chi connectivity index (χ4n) is 2.61. The molecule has 1 aliphatic rings. The molecule has 22 heavy (non-hydrogen) atoms. The zero-order chi connectivity index (χ0) is 15.5. The van der Waals surface area contributed by atoms with Crippen LogP contribution in [-0.2, 0) is 16.5 Å². The van der Waals surface area contributed by atoms with Gasteiger partial charge in [-0.3, -0.25) is 0 Å². The second-order valence-electron chi connectivity index (χ2n) is 5.23. The fraction of sp³-hybridized carbons (Fsp3) is 0.375. The standard InChI is InChI=1S/C16H20O4S.Na/c1-2-3-8-13-9-4-5-10-14(13)15-11-6-7-12-16(15,17)21(18,19)20;/h4-7,9-12,15,17H,2-3,8H2,1H3,(H,18,19,20);/q;+1/p-1. The van der Waals surface area contributed by atoms with E-state index in [4.69, 9.17) is 0 Å². The number of hydrogen-bond donors (Lipinski definition) is 1. The predicted molar refractivity (Wildman–Crippen MR) is 80.7 cm³/mol. The first-order chi connectivity index (χ1) is 9.90. The summed E-state index contributed by atoms with van der Waals surface area (Å²) in [6.45, 7) is 2.07. The summed E-state index contributed by atoms with van der Waals surface area (Å²) in [5, 5.41) is 10.4. The number of aryl methyl sites for hydroxylation is 1. The number of unbranched alkanes of at least 4 members (excludes halogenated alkanes) is 1. The van der Waals surface area contributed by atoms with E-state index >= 15 is 0 Å². The van der Waals surface area contributed by atoms with Gasteiger partial charge in [-0.2, -0.15) is 0 Å². The molecule has 1 aromatic rings. The zero-order valence-corrected chi connectivity index (χ0v) is 15.7. The van der Waals surface area contributed by atoms with Gasteiger partial charge in [0.1, 0.15) is 10.1 Å². The molecule has 0 bridgehead atoms. The summed E-state index contributed by atoms with van der Waals surface area (Å²) < 4.78 is 34.6. The minimum absolute atomic E-state index is 0. The quantitative estimate of drug-likeness (QED) is 0.582. The van der Waals surface area contributed by atoms with Gasteiger partial charge in [0.2, 0.25) is 0 Å². The maximum Gasteiger partial charge on any atom is 1.00 e. The van der Waals surface area contributed by atoms with E-state index in [-0.39, 0.29) is 29.6 Å². The van der Waals surface area contributed by atoms with Gasteiger partial charge in [-0.1, -0.05) is 55.8 Å². The van der Waals surface area contributed by atoms with E-state index < -0.39 is 21.0 Å². The predicted octanol–water partition coefficient (Wildman–Crippen LogP) is -0.523. The van der Waals surface area contributed by atoms with Gasteiger partial charge in [-0.25, -0.2) is 8.42 Å². The summed E-state index contributed by atoms with van der Waals surface area (Å²) in [4.78, 5) is -2.43. The summed E-state index contributed by atoms with van der Waals surface area (Å²) in [5.74, 6) is -0.877. The number of benzene rings is 1. The summed E-state index contributed by atoms with van der Waals surface area (Å²) >= 11 is 0. The van der Waals surface area contributed by atoms with Crippen LogP contribution in [0.2, 0.25) is 0 Å². The smallest absolute Gasteiger partial charge is 0.745 e. The van der Waals surface area contributed by atoms with Crippen LogP contribution in [0.15, 0.2) is 48.6 Å². The summed E-state index contributed by atoms with van der Waals surface area (Å²) in [5.41, 5.74) is 1.65. The van der Waals surface area contributed by atoms with Crippen molar-refractivity contribution in [1.82, 2.24) is 0 Å². The maximum atomic E-state index is 11.5. The molecule has 0 aliphatic heterocycles. The molecule has 114 valence electrons. The first kappa shape index (κ1) is 19.6. The van der Waals surface area contributed by atoms with Crippen LogP contribution in [0.1, 0.15) is 36.8 Å². The van der Waals surface area contributed by atoms with Crippen LogP contribution in [0.25, 0.3) is 0 Å². The summed E-state index contributed by atoms with van der Waals surface area (Å²) in [6.07, 6.45) is 8.44. The van der Waals surface area contributed by atoms with Crippen molar-refractivity contribution in [2.75, 3.05) is 0 Å².